The van der Waals surface area contributed by atoms with Gasteiger partial charge in [-0.1, -0.05) is 12.2 Å². The summed E-state index contributed by atoms with van der Waals surface area (Å²) in [6.07, 6.45) is 5.36. The van der Waals surface area contributed by atoms with Gasteiger partial charge in [0.05, 0.1) is 6.10 Å². The molecule has 3 rings (SSSR count). The lowest BCUT2D eigenvalue weighted by Crippen LogP contribution is -2.60. The summed E-state index contributed by atoms with van der Waals surface area (Å²) < 4.78 is 22.5. The van der Waals surface area contributed by atoms with E-state index in [9.17, 15) is 27.9 Å². The Labute approximate surface area is 176 Å². The van der Waals surface area contributed by atoms with E-state index in [1.54, 1.807) is 7.05 Å². The van der Waals surface area contributed by atoms with Crippen molar-refractivity contribution in [1.82, 2.24) is 15.5 Å². The van der Waals surface area contributed by atoms with Gasteiger partial charge in [0.1, 0.15) is 16.3 Å². The molecule has 5 N–H and O–H groups in total. The molecule has 1 aliphatic heterocycles. The topological polar surface area (TPSA) is 159 Å². The van der Waals surface area contributed by atoms with Gasteiger partial charge in [-0.15, -0.1) is 0 Å². The molecule has 4 atom stereocenters. The van der Waals surface area contributed by atoms with E-state index in [0.717, 1.165) is 19.3 Å². The maximum Gasteiger partial charge on any atom is 0.317 e. The minimum Gasteiger partial charge on any atom is -0.391 e. The zero-order valence-electron chi connectivity index (χ0n) is 17.3. The molecule has 3 aliphatic rings. The van der Waals surface area contributed by atoms with Crippen LogP contribution in [0.2, 0.25) is 0 Å². The molecule has 0 saturated heterocycles. The molecule has 2 aliphatic carbocycles. The molecule has 3 amide bonds. The summed E-state index contributed by atoms with van der Waals surface area (Å²) in [6.45, 7) is 1.86. The van der Waals surface area contributed by atoms with Crippen LogP contribution in [0.25, 0.3) is 0 Å². The molecule has 0 aromatic heterocycles. The molecule has 0 radical (unpaired) electrons. The van der Waals surface area contributed by atoms with Gasteiger partial charge in [-0.25, -0.2) is 18.4 Å². The third-order valence-electron chi connectivity index (χ3n) is 6.30. The molecule has 2 saturated carbocycles. The molecule has 1 heterocycles. The minimum absolute atomic E-state index is 0.125. The molecule has 2 fully saturated rings. The first-order valence-corrected chi connectivity index (χ1v) is 11.7. The first-order valence-electron chi connectivity index (χ1n) is 10.2. The summed E-state index contributed by atoms with van der Waals surface area (Å²) in [4.78, 5) is 40.1. The van der Waals surface area contributed by atoms with Crippen LogP contribution in [-0.2, 0) is 19.6 Å². The Bertz CT molecular complexity index is 866. The maximum absolute atomic E-state index is 13.3. The van der Waals surface area contributed by atoms with Crippen molar-refractivity contribution in [2.24, 2.45) is 11.1 Å². The third-order valence-corrected chi connectivity index (χ3v) is 7.98. The number of urea groups is 1. The number of ketones is 1. The van der Waals surface area contributed by atoms with Crippen LogP contribution in [0, 0.1) is 5.92 Å². The molecule has 0 aromatic rings. The van der Waals surface area contributed by atoms with Gasteiger partial charge in [0, 0.05) is 19.5 Å². The van der Waals surface area contributed by atoms with Crippen LogP contribution < -0.4 is 15.8 Å². The first-order chi connectivity index (χ1) is 13.9. The number of nitrogens with zero attached hydrogens (tertiary/aromatic N) is 1. The highest BCUT2D eigenvalue weighted by molar-refractivity contribution is 7.91. The van der Waals surface area contributed by atoms with Gasteiger partial charge in [-0.05, 0) is 45.4 Å². The Hall–Kier alpha value is -1.98. The quantitative estimate of drug-likeness (QED) is 0.425. The summed E-state index contributed by atoms with van der Waals surface area (Å²) in [5.74, 6) is -1.71. The molecular weight excluding hydrogens is 412 g/mol. The standard InChI is InChI=1S/C19H30N4O6S/c1-12(24)14-15(25)22-19(16(26)18(8-9-18)30(20,28)29)11-13(19)7-5-3-4-6-10-23(2)17(27)21-14/h5,7,12-14,24H,3-4,6,8-11H2,1-2H3,(H,21,27)(H,22,25)(H2,20,28,29). The number of carbonyl (C=O) groups excluding carboxylic acids is 3. The Kier molecular flexibility index (Phi) is 6.00. The molecular formula is C19H30N4O6S. The number of rotatable bonds is 4. The second-order valence-electron chi connectivity index (χ2n) is 8.65. The highest BCUT2D eigenvalue weighted by Crippen LogP contribution is 2.55. The molecule has 4 unspecified atom stereocenters. The highest BCUT2D eigenvalue weighted by Gasteiger charge is 2.71. The predicted octanol–water partition coefficient (Wildman–Crippen LogP) is -0.618. The molecule has 30 heavy (non-hydrogen) atoms. The molecule has 10 nitrogen and oxygen atoms in total. The zero-order chi connectivity index (χ0) is 22.3. The Morgan fingerprint density at radius 1 is 1.33 bits per heavy atom. The van der Waals surface area contributed by atoms with Gasteiger partial charge in [-0.3, -0.25) is 9.59 Å². The summed E-state index contributed by atoms with van der Waals surface area (Å²) in [5.41, 5.74) is -1.40. The van der Waals surface area contributed by atoms with Crippen LogP contribution in [0.5, 0.6) is 0 Å². The lowest BCUT2D eigenvalue weighted by Gasteiger charge is -2.28. The maximum atomic E-state index is 13.3. The number of aliphatic hydroxyl groups is 1. The van der Waals surface area contributed by atoms with Crippen molar-refractivity contribution in [2.45, 2.75) is 67.9 Å². The van der Waals surface area contributed by atoms with Crippen LogP contribution in [0.15, 0.2) is 12.2 Å². The van der Waals surface area contributed by atoms with Crippen LogP contribution in [0.1, 0.15) is 45.4 Å². The average molecular weight is 443 g/mol. The number of hydrogen-bond acceptors (Lipinski definition) is 6. The SMILES string of the molecule is CC(O)C1NC(=O)N(C)CCCCC=CC2CC2(C(=O)C2(S(N)(=O)=O)CC2)NC1=O. The van der Waals surface area contributed by atoms with Crippen molar-refractivity contribution >= 4 is 27.7 Å². The van der Waals surface area contributed by atoms with E-state index in [2.05, 4.69) is 10.6 Å². The summed E-state index contributed by atoms with van der Waals surface area (Å²) in [6, 6.07) is -1.80. The van der Waals surface area contributed by atoms with Crippen molar-refractivity contribution in [3.05, 3.63) is 12.2 Å². The van der Waals surface area contributed by atoms with Crippen molar-refractivity contribution in [3.8, 4) is 0 Å². The molecule has 11 heteroatoms. The fourth-order valence-electron chi connectivity index (χ4n) is 4.06. The number of aliphatic hydroxyl groups excluding tert-OH is 1. The fraction of sp³-hybridized carbons (Fsp3) is 0.737. The van der Waals surface area contributed by atoms with Gasteiger partial charge >= 0.3 is 6.03 Å². The Morgan fingerprint density at radius 2 is 2.00 bits per heavy atom. The van der Waals surface area contributed by atoms with Crippen LogP contribution >= 0.6 is 0 Å². The average Bonchev–Trinajstić information content (AvgIpc) is 3.55. The minimum atomic E-state index is -4.13. The van der Waals surface area contributed by atoms with Crippen molar-refractivity contribution in [2.75, 3.05) is 13.6 Å². The largest absolute Gasteiger partial charge is 0.391 e. The number of allylic oxidation sites excluding steroid dienone is 1. The first kappa shape index (κ1) is 22.7. The smallest absolute Gasteiger partial charge is 0.317 e. The van der Waals surface area contributed by atoms with Crippen molar-refractivity contribution < 1.29 is 27.9 Å². The van der Waals surface area contributed by atoms with Crippen molar-refractivity contribution in [3.63, 3.8) is 0 Å². The lowest BCUT2D eigenvalue weighted by molar-refractivity contribution is -0.131. The number of nitrogens with two attached hydrogens (primary N) is 1. The number of sulfonamides is 1. The Morgan fingerprint density at radius 3 is 2.57 bits per heavy atom. The number of carbonyl (C=O) groups is 3. The number of hydrogen-bond donors (Lipinski definition) is 4. The lowest BCUT2D eigenvalue weighted by atomic mass is 10.0. The van der Waals surface area contributed by atoms with Gasteiger partial charge in [-0.2, -0.15) is 0 Å². The molecule has 0 bridgehead atoms. The van der Waals surface area contributed by atoms with Gasteiger partial charge in [0.15, 0.2) is 5.78 Å². The van der Waals surface area contributed by atoms with E-state index in [1.807, 2.05) is 12.2 Å². The predicted molar refractivity (Wildman–Crippen MR) is 109 cm³/mol. The van der Waals surface area contributed by atoms with E-state index < -0.39 is 50.2 Å². The van der Waals surface area contributed by atoms with Gasteiger partial charge in [0.25, 0.3) is 0 Å². The van der Waals surface area contributed by atoms with E-state index in [-0.39, 0.29) is 25.2 Å². The summed E-state index contributed by atoms with van der Waals surface area (Å²) in [5, 5.41) is 20.6. The second-order valence-corrected chi connectivity index (χ2v) is 10.5. The van der Waals surface area contributed by atoms with Crippen molar-refractivity contribution in [1.29, 1.82) is 0 Å². The summed E-state index contributed by atoms with van der Waals surface area (Å²) >= 11 is 0. The Balaban J connectivity index is 1.92. The van der Waals surface area contributed by atoms with E-state index in [0.29, 0.717) is 6.54 Å². The molecule has 0 aromatic carbocycles. The monoisotopic (exact) mass is 442 g/mol. The summed E-state index contributed by atoms with van der Waals surface area (Å²) in [7, 11) is -2.53. The molecule has 0 spiro atoms. The third kappa shape index (κ3) is 4.10. The number of fused-ring (bicyclic) bond motifs is 1. The number of amides is 3. The number of primary sulfonamides is 1. The number of Topliss-reactive ketones (excluding diaryl/α,β-unsaturated/α-hetero) is 1. The molecule has 168 valence electrons. The van der Waals surface area contributed by atoms with Crippen LogP contribution in [0.3, 0.4) is 0 Å². The van der Waals surface area contributed by atoms with E-state index >= 15 is 0 Å². The van der Waals surface area contributed by atoms with Gasteiger partial charge in [0.2, 0.25) is 15.9 Å². The van der Waals surface area contributed by atoms with E-state index in [1.165, 1.54) is 11.8 Å². The van der Waals surface area contributed by atoms with Crippen LogP contribution in [-0.4, -0.2) is 72.2 Å². The second kappa shape index (κ2) is 7.93. The highest BCUT2D eigenvalue weighted by atomic mass is 32.2. The van der Waals surface area contributed by atoms with Crippen LogP contribution in [0.4, 0.5) is 4.79 Å². The number of nitrogens with one attached hydrogen (secondary N) is 2. The fourth-order valence-corrected chi connectivity index (χ4v) is 5.17. The van der Waals surface area contributed by atoms with E-state index in [4.69, 9.17) is 5.14 Å². The zero-order valence-corrected chi connectivity index (χ0v) is 18.1. The van der Waals surface area contributed by atoms with Gasteiger partial charge < -0.3 is 20.6 Å². The normalized spacial score (nSPS) is 32.9.